The molecule has 33 heavy (non-hydrogen) atoms. The standard InChI is InChI=1S/C21H23ClF3N5O2S/c1-13-19(14(2)30(27-13)16-7-4-3-5-8-16)33(31,32)26-11-6-12-29-18(15-9-10-15)17(22)20(28-29)21(23,24)25/h3-5,7-8,15,26H,6,9-12H2,1-2H3. The minimum Gasteiger partial charge on any atom is -0.267 e. The third-order valence-corrected chi connectivity index (χ3v) is 7.58. The lowest BCUT2D eigenvalue weighted by molar-refractivity contribution is -0.141. The van der Waals surface area contributed by atoms with E-state index in [1.165, 1.54) is 4.68 Å². The Bertz CT molecular complexity index is 1270. The molecular formula is C21H23ClF3N5O2S. The quantitative estimate of drug-likeness (QED) is 0.457. The van der Waals surface area contributed by atoms with Crippen molar-refractivity contribution in [3.63, 3.8) is 0 Å². The molecule has 1 aromatic carbocycles. The number of sulfonamides is 1. The Labute approximate surface area is 194 Å². The van der Waals surface area contributed by atoms with Gasteiger partial charge in [0.25, 0.3) is 0 Å². The molecule has 1 N–H and O–H groups in total. The van der Waals surface area contributed by atoms with Crippen LogP contribution in [0.3, 0.4) is 0 Å². The van der Waals surface area contributed by atoms with E-state index >= 15 is 0 Å². The van der Waals surface area contributed by atoms with Gasteiger partial charge < -0.3 is 0 Å². The first-order valence-corrected chi connectivity index (χ1v) is 12.3. The summed E-state index contributed by atoms with van der Waals surface area (Å²) < 4.78 is 70.9. The zero-order chi connectivity index (χ0) is 24.0. The van der Waals surface area contributed by atoms with Crippen LogP contribution in [0.2, 0.25) is 5.02 Å². The van der Waals surface area contributed by atoms with E-state index in [0.717, 1.165) is 18.5 Å². The lowest BCUT2D eigenvalue weighted by Gasteiger charge is -2.10. The molecule has 12 heteroatoms. The number of para-hydroxylation sites is 1. The van der Waals surface area contributed by atoms with E-state index in [4.69, 9.17) is 11.6 Å². The van der Waals surface area contributed by atoms with Crippen LogP contribution in [0, 0.1) is 13.8 Å². The molecule has 0 atom stereocenters. The van der Waals surface area contributed by atoms with Crippen LogP contribution >= 0.6 is 11.6 Å². The topological polar surface area (TPSA) is 81.8 Å². The number of aryl methyl sites for hydroxylation is 2. The second kappa shape index (κ2) is 8.77. The molecular weight excluding hydrogens is 479 g/mol. The average molecular weight is 502 g/mol. The van der Waals surface area contributed by atoms with E-state index in [9.17, 15) is 21.6 Å². The Hall–Kier alpha value is -2.37. The average Bonchev–Trinajstić information content (AvgIpc) is 3.44. The van der Waals surface area contributed by atoms with E-state index in [0.29, 0.717) is 17.1 Å². The summed E-state index contributed by atoms with van der Waals surface area (Å²) in [5, 5.41) is 7.67. The van der Waals surface area contributed by atoms with Crippen LogP contribution in [0.4, 0.5) is 13.2 Å². The Kier molecular flexibility index (Phi) is 6.32. The molecule has 0 amide bonds. The van der Waals surface area contributed by atoms with E-state index in [1.54, 1.807) is 18.5 Å². The van der Waals surface area contributed by atoms with Crippen LogP contribution in [0.1, 0.15) is 48.0 Å². The smallest absolute Gasteiger partial charge is 0.267 e. The fourth-order valence-corrected chi connectivity index (χ4v) is 5.76. The fourth-order valence-electron chi connectivity index (χ4n) is 3.90. The largest absolute Gasteiger partial charge is 0.436 e. The number of hydrogen-bond acceptors (Lipinski definition) is 4. The fraction of sp³-hybridized carbons (Fsp3) is 0.429. The molecule has 7 nitrogen and oxygen atoms in total. The van der Waals surface area contributed by atoms with Crippen molar-refractivity contribution >= 4 is 21.6 Å². The summed E-state index contributed by atoms with van der Waals surface area (Å²) in [6.45, 7) is 3.44. The number of rotatable bonds is 8. The summed E-state index contributed by atoms with van der Waals surface area (Å²) in [6, 6.07) is 9.17. The molecule has 4 rings (SSSR count). The molecule has 2 heterocycles. The number of hydrogen-bond donors (Lipinski definition) is 1. The van der Waals surface area contributed by atoms with Crippen molar-refractivity contribution in [1.82, 2.24) is 24.3 Å². The van der Waals surface area contributed by atoms with Crippen molar-refractivity contribution in [3.05, 3.63) is 58.1 Å². The third-order valence-electron chi connectivity index (χ3n) is 5.50. The summed E-state index contributed by atoms with van der Waals surface area (Å²) in [7, 11) is -3.87. The molecule has 1 aliphatic carbocycles. The van der Waals surface area contributed by atoms with Gasteiger partial charge in [0.05, 0.1) is 27.8 Å². The molecule has 0 bridgehead atoms. The maximum absolute atomic E-state index is 13.2. The Balaban J connectivity index is 1.46. The molecule has 1 aliphatic rings. The van der Waals surface area contributed by atoms with E-state index in [2.05, 4.69) is 14.9 Å². The van der Waals surface area contributed by atoms with Crippen LogP contribution in [-0.4, -0.2) is 34.5 Å². The minimum atomic E-state index is -4.64. The first kappa shape index (κ1) is 23.8. The van der Waals surface area contributed by atoms with Gasteiger partial charge in [-0.2, -0.15) is 23.4 Å². The number of halogens is 4. The second-order valence-corrected chi connectivity index (χ2v) is 10.1. The number of benzene rings is 1. The van der Waals surface area contributed by atoms with Gasteiger partial charge in [-0.3, -0.25) is 4.68 Å². The highest BCUT2D eigenvalue weighted by atomic mass is 35.5. The summed E-state index contributed by atoms with van der Waals surface area (Å²) in [6.07, 6.45) is -2.86. The molecule has 1 fully saturated rings. The maximum atomic E-state index is 13.2. The summed E-state index contributed by atoms with van der Waals surface area (Å²) in [5.41, 5.74) is 0.849. The lowest BCUT2D eigenvalue weighted by atomic mass is 10.2. The van der Waals surface area contributed by atoms with Gasteiger partial charge in [-0.1, -0.05) is 29.8 Å². The Morgan fingerprint density at radius 3 is 2.42 bits per heavy atom. The van der Waals surface area contributed by atoms with Gasteiger partial charge in [-0.25, -0.2) is 17.8 Å². The number of aromatic nitrogens is 4. The molecule has 0 saturated heterocycles. The first-order valence-electron chi connectivity index (χ1n) is 10.5. The molecule has 0 aliphatic heterocycles. The Morgan fingerprint density at radius 2 is 1.82 bits per heavy atom. The highest BCUT2D eigenvalue weighted by Gasteiger charge is 2.42. The zero-order valence-corrected chi connectivity index (χ0v) is 19.6. The van der Waals surface area contributed by atoms with Crippen LogP contribution in [0.5, 0.6) is 0 Å². The van der Waals surface area contributed by atoms with Crippen LogP contribution in [0.25, 0.3) is 5.69 Å². The van der Waals surface area contributed by atoms with Crippen LogP contribution < -0.4 is 4.72 Å². The predicted molar refractivity (Wildman–Crippen MR) is 117 cm³/mol. The van der Waals surface area contributed by atoms with Gasteiger partial charge in [-0.05, 0) is 45.2 Å². The van der Waals surface area contributed by atoms with Gasteiger partial charge >= 0.3 is 6.18 Å². The molecule has 0 spiro atoms. The summed E-state index contributed by atoms with van der Waals surface area (Å²) in [5.74, 6) is -0.0353. The van der Waals surface area contributed by atoms with Crippen molar-refractivity contribution in [2.45, 2.75) is 56.6 Å². The minimum absolute atomic E-state index is 0.0284. The van der Waals surface area contributed by atoms with Gasteiger partial charge in [-0.15, -0.1) is 0 Å². The Morgan fingerprint density at radius 1 is 1.15 bits per heavy atom. The van der Waals surface area contributed by atoms with Crippen molar-refractivity contribution in [3.8, 4) is 5.69 Å². The molecule has 178 valence electrons. The normalized spacial score (nSPS) is 14.7. The third kappa shape index (κ3) is 4.80. The predicted octanol–water partition coefficient (Wildman–Crippen LogP) is 4.60. The van der Waals surface area contributed by atoms with Gasteiger partial charge in [0.1, 0.15) is 4.90 Å². The van der Waals surface area contributed by atoms with Crippen molar-refractivity contribution in [2.24, 2.45) is 0 Å². The SMILES string of the molecule is Cc1nn(-c2ccccc2)c(C)c1S(=O)(=O)NCCCn1nc(C(F)(F)F)c(Cl)c1C1CC1. The van der Waals surface area contributed by atoms with E-state index in [-0.39, 0.29) is 35.3 Å². The van der Waals surface area contributed by atoms with E-state index < -0.39 is 21.9 Å². The zero-order valence-electron chi connectivity index (χ0n) is 18.0. The number of alkyl halides is 3. The van der Waals surface area contributed by atoms with Crippen molar-refractivity contribution in [1.29, 1.82) is 0 Å². The van der Waals surface area contributed by atoms with Crippen molar-refractivity contribution < 1.29 is 21.6 Å². The van der Waals surface area contributed by atoms with Crippen molar-refractivity contribution in [2.75, 3.05) is 6.54 Å². The highest BCUT2D eigenvalue weighted by molar-refractivity contribution is 7.89. The van der Waals surface area contributed by atoms with Gasteiger partial charge in [0.2, 0.25) is 10.0 Å². The monoisotopic (exact) mass is 501 g/mol. The lowest BCUT2D eigenvalue weighted by Crippen LogP contribution is -2.27. The molecule has 3 aromatic rings. The van der Waals surface area contributed by atoms with E-state index in [1.807, 2.05) is 30.3 Å². The maximum Gasteiger partial charge on any atom is 0.436 e. The first-order chi connectivity index (χ1) is 15.5. The summed E-state index contributed by atoms with van der Waals surface area (Å²) in [4.78, 5) is 0.0894. The molecule has 2 aromatic heterocycles. The molecule has 0 radical (unpaired) electrons. The number of nitrogens with one attached hydrogen (secondary N) is 1. The highest BCUT2D eigenvalue weighted by Crippen LogP contribution is 2.46. The second-order valence-electron chi connectivity index (χ2n) is 8.04. The molecule has 0 unspecified atom stereocenters. The van der Waals surface area contributed by atoms with Crippen LogP contribution in [0.15, 0.2) is 35.2 Å². The number of nitrogens with zero attached hydrogens (tertiary/aromatic N) is 4. The van der Waals surface area contributed by atoms with Crippen LogP contribution in [-0.2, 0) is 22.7 Å². The van der Waals surface area contributed by atoms with Gasteiger partial charge in [0.15, 0.2) is 5.69 Å². The molecule has 1 saturated carbocycles. The summed E-state index contributed by atoms with van der Waals surface area (Å²) >= 11 is 5.98. The van der Waals surface area contributed by atoms with Gasteiger partial charge in [0, 0.05) is 19.0 Å².